The highest BCUT2D eigenvalue weighted by molar-refractivity contribution is 9.10. The molecule has 7 rings (SSSR count). The molecule has 0 bridgehead atoms. The van der Waals surface area contributed by atoms with E-state index < -0.39 is 17.9 Å². The Bertz CT molecular complexity index is 1550. The number of para-hydroxylation sites is 2. The maximum absolute atomic E-state index is 6.49. The number of rotatable bonds is 6. The molecule has 3 aliphatic rings. The summed E-state index contributed by atoms with van der Waals surface area (Å²) in [4.78, 5) is 9.96. The number of ether oxygens (including phenoxy) is 6. The maximum Gasteiger partial charge on any atom is 0.190 e. The van der Waals surface area contributed by atoms with Gasteiger partial charge in [-0.05, 0) is 64.4 Å². The van der Waals surface area contributed by atoms with Gasteiger partial charge < -0.3 is 33.0 Å². The largest absolute Gasteiger partial charge is 0.372 e. The lowest BCUT2D eigenvalue weighted by Crippen LogP contribution is -2.44. The van der Waals surface area contributed by atoms with Crippen LogP contribution >= 0.6 is 15.9 Å². The zero-order chi connectivity index (χ0) is 26.9. The minimum absolute atomic E-state index is 0.259. The Balaban J connectivity index is 1.13. The van der Waals surface area contributed by atoms with Gasteiger partial charge in [0.15, 0.2) is 23.5 Å². The smallest absolute Gasteiger partial charge is 0.190 e. The van der Waals surface area contributed by atoms with E-state index in [0.717, 1.165) is 50.5 Å². The monoisotopic (exact) mass is 597 g/mol. The van der Waals surface area contributed by atoms with Gasteiger partial charge in [0.2, 0.25) is 0 Å². The maximum atomic E-state index is 6.49. The Labute approximate surface area is 234 Å². The van der Waals surface area contributed by atoms with Gasteiger partial charge in [0.25, 0.3) is 0 Å². The molecule has 0 N–H and O–H groups in total. The standard InChI is InChI=1S/C29H32BrN3O6/c1-28(2)35-15-21(37-28)23-24(25-27(36-23)39-29(3,4)38-25)34-13-7-12-33-20-11-10-16(30)14-17(20)22-26(33)32-19-9-6-5-8-18(19)31-22/h5-6,8-11,14,21,23-25,27H,7,12-13,15H2,1-4H3. The van der Waals surface area contributed by atoms with Gasteiger partial charge in [-0.2, -0.15) is 0 Å². The summed E-state index contributed by atoms with van der Waals surface area (Å²) in [7, 11) is 0. The third kappa shape index (κ3) is 4.65. The summed E-state index contributed by atoms with van der Waals surface area (Å²) in [5, 5.41) is 1.07. The zero-order valence-corrected chi connectivity index (χ0v) is 24.0. The number of halogens is 1. The average Bonchev–Trinajstić information content (AvgIpc) is 3.59. The van der Waals surface area contributed by atoms with Crippen LogP contribution in [0.4, 0.5) is 0 Å². The van der Waals surface area contributed by atoms with Gasteiger partial charge >= 0.3 is 0 Å². The first-order valence-electron chi connectivity index (χ1n) is 13.5. The first-order valence-corrected chi connectivity index (χ1v) is 14.3. The quantitative estimate of drug-likeness (QED) is 0.277. The van der Waals surface area contributed by atoms with Crippen LogP contribution in [0.5, 0.6) is 0 Å². The second-order valence-electron chi connectivity index (χ2n) is 11.3. The third-order valence-corrected chi connectivity index (χ3v) is 8.07. The lowest BCUT2D eigenvalue weighted by atomic mass is 10.1. The fraction of sp³-hybridized carbons (Fsp3) is 0.517. The molecule has 3 fully saturated rings. The Kier molecular flexibility index (Phi) is 6.24. The normalized spacial score (nSPS) is 29.6. The van der Waals surface area contributed by atoms with Crippen molar-refractivity contribution in [3.63, 3.8) is 0 Å². The summed E-state index contributed by atoms with van der Waals surface area (Å²) >= 11 is 3.62. The Morgan fingerprint density at radius 1 is 0.974 bits per heavy atom. The Hall–Kier alpha value is -2.18. The number of aryl methyl sites for hydroxylation is 1. The predicted octanol–water partition coefficient (Wildman–Crippen LogP) is 5.30. The van der Waals surface area contributed by atoms with E-state index >= 15 is 0 Å². The molecule has 0 aliphatic carbocycles. The van der Waals surface area contributed by atoms with Gasteiger partial charge in [0.1, 0.15) is 29.9 Å². The summed E-state index contributed by atoms with van der Waals surface area (Å²) in [5.41, 5.74) is 4.63. The molecule has 2 aromatic carbocycles. The lowest BCUT2D eigenvalue weighted by Gasteiger charge is -2.29. The molecule has 0 spiro atoms. The fourth-order valence-corrected chi connectivity index (χ4v) is 6.31. The first-order chi connectivity index (χ1) is 18.7. The van der Waals surface area contributed by atoms with E-state index in [2.05, 4.69) is 38.7 Å². The number of benzene rings is 2. The Morgan fingerprint density at radius 3 is 2.54 bits per heavy atom. The van der Waals surface area contributed by atoms with E-state index in [-0.39, 0.29) is 24.4 Å². The van der Waals surface area contributed by atoms with Crippen molar-refractivity contribution in [2.24, 2.45) is 0 Å². The molecule has 3 saturated heterocycles. The molecule has 10 heteroatoms. The summed E-state index contributed by atoms with van der Waals surface area (Å²) < 4.78 is 40.2. The average molecular weight is 598 g/mol. The van der Waals surface area contributed by atoms with E-state index in [1.54, 1.807) is 0 Å². The second-order valence-corrected chi connectivity index (χ2v) is 12.2. The molecule has 5 heterocycles. The molecule has 9 nitrogen and oxygen atoms in total. The van der Waals surface area contributed by atoms with Crippen LogP contribution in [-0.4, -0.2) is 70.0 Å². The van der Waals surface area contributed by atoms with Crippen LogP contribution in [0.2, 0.25) is 0 Å². The predicted molar refractivity (Wildman–Crippen MR) is 148 cm³/mol. The van der Waals surface area contributed by atoms with Gasteiger partial charge in [-0.25, -0.2) is 9.97 Å². The molecule has 2 aromatic heterocycles. The number of hydrogen-bond acceptors (Lipinski definition) is 8. The van der Waals surface area contributed by atoms with Crippen LogP contribution in [-0.2, 0) is 35.0 Å². The molecule has 0 saturated carbocycles. The van der Waals surface area contributed by atoms with Crippen molar-refractivity contribution >= 4 is 49.0 Å². The third-order valence-electron chi connectivity index (χ3n) is 7.57. The molecule has 39 heavy (non-hydrogen) atoms. The minimum atomic E-state index is -0.729. The summed E-state index contributed by atoms with van der Waals surface area (Å²) in [6, 6.07) is 14.3. The minimum Gasteiger partial charge on any atom is -0.372 e. The number of nitrogens with zero attached hydrogens (tertiary/aromatic N) is 3. The number of fused-ring (bicyclic) bond motifs is 5. The van der Waals surface area contributed by atoms with E-state index in [0.29, 0.717) is 13.2 Å². The van der Waals surface area contributed by atoms with Crippen LogP contribution in [0.1, 0.15) is 34.1 Å². The molecule has 5 unspecified atom stereocenters. The van der Waals surface area contributed by atoms with Gasteiger partial charge in [-0.1, -0.05) is 28.1 Å². The highest BCUT2D eigenvalue weighted by atomic mass is 79.9. The van der Waals surface area contributed by atoms with Gasteiger partial charge in [0.05, 0.1) is 23.2 Å². The van der Waals surface area contributed by atoms with E-state index in [9.17, 15) is 0 Å². The molecule has 5 atom stereocenters. The molecule has 206 valence electrons. The van der Waals surface area contributed by atoms with Crippen molar-refractivity contribution < 1.29 is 28.4 Å². The van der Waals surface area contributed by atoms with Crippen molar-refractivity contribution in [1.29, 1.82) is 0 Å². The van der Waals surface area contributed by atoms with Crippen molar-refractivity contribution in [2.75, 3.05) is 13.2 Å². The lowest BCUT2D eigenvalue weighted by molar-refractivity contribution is -0.236. The van der Waals surface area contributed by atoms with E-state index in [1.165, 1.54) is 0 Å². The summed E-state index contributed by atoms with van der Waals surface area (Å²) in [6.45, 7) is 9.27. The molecular formula is C29H32BrN3O6. The first kappa shape index (κ1) is 25.8. The summed E-state index contributed by atoms with van der Waals surface area (Å²) in [6.07, 6.45) is -1.01. The summed E-state index contributed by atoms with van der Waals surface area (Å²) in [5.74, 6) is -1.39. The van der Waals surface area contributed by atoms with Crippen LogP contribution in [0.3, 0.4) is 0 Å². The van der Waals surface area contributed by atoms with Crippen LogP contribution in [0.25, 0.3) is 33.1 Å². The number of aromatic nitrogens is 3. The van der Waals surface area contributed by atoms with Gasteiger partial charge in [-0.15, -0.1) is 0 Å². The molecule has 0 radical (unpaired) electrons. The fourth-order valence-electron chi connectivity index (χ4n) is 5.95. The topological polar surface area (TPSA) is 86.1 Å². The molecule has 0 amide bonds. The molecule has 3 aliphatic heterocycles. The second kappa shape index (κ2) is 9.44. The highest BCUT2D eigenvalue weighted by Crippen LogP contribution is 2.42. The zero-order valence-electron chi connectivity index (χ0n) is 22.4. The van der Waals surface area contributed by atoms with Gasteiger partial charge in [-0.3, -0.25) is 0 Å². The van der Waals surface area contributed by atoms with Crippen molar-refractivity contribution in [3.8, 4) is 0 Å². The van der Waals surface area contributed by atoms with Crippen LogP contribution < -0.4 is 0 Å². The Morgan fingerprint density at radius 2 is 1.77 bits per heavy atom. The van der Waals surface area contributed by atoms with Crippen LogP contribution in [0.15, 0.2) is 46.9 Å². The highest BCUT2D eigenvalue weighted by Gasteiger charge is 2.58. The van der Waals surface area contributed by atoms with Crippen molar-refractivity contribution in [2.45, 2.75) is 82.9 Å². The van der Waals surface area contributed by atoms with E-state index in [4.69, 9.17) is 38.4 Å². The van der Waals surface area contributed by atoms with Gasteiger partial charge in [0, 0.05) is 23.0 Å². The van der Waals surface area contributed by atoms with E-state index in [1.807, 2.05) is 52.0 Å². The van der Waals surface area contributed by atoms with Crippen molar-refractivity contribution in [1.82, 2.24) is 14.5 Å². The molecular weight excluding hydrogens is 566 g/mol. The van der Waals surface area contributed by atoms with Crippen LogP contribution in [0, 0.1) is 0 Å². The molecule has 4 aromatic rings. The SMILES string of the molecule is CC1(C)OCC(C2OC3OC(C)(C)OC3C2OCCCn2c3ccc(Br)cc3c3nc4ccccc4nc32)O1. The number of hydrogen-bond donors (Lipinski definition) is 0. The van der Waals surface area contributed by atoms with Crippen molar-refractivity contribution in [3.05, 3.63) is 46.9 Å².